The van der Waals surface area contributed by atoms with Gasteiger partial charge in [0.2, 0.25) is 5.91 Å². The second kappa shape index (κ2) is 10.9. The SMILES string of the molecule is CN(C)CCCN(C(=O)CCc1ccccc1)c1nc2ccc(Br)cc2s1.[Cl-]. The summed E-state index contributed by atoms with van der Waals surface area (Å²) in [7, 11) is 4.10. The fourth-order valence-electron chi connectivity index (χ4n) is 2.90. The lowest BCUT2D eigenvalue weighted by Crippen LogP contribution is -3.00. The van der Waals surface area contributed by atoms with Crippen molar-refractivity contribution in [3.05, 3.63) is 58.6 Å². The van der Waals surface area contributed by atoms with Gasteiger partial charge in [-0.3, -0.25) is 9.69 Å². The molecule has 2 aromatic carbocycles. The van der Waals surface area contributed by atoms with Crippen LogP contribution in [-0.2, 0) is 11.2 Å². The summed E-state index contributed by atoms with van der Waals surface area (Å²) < 4.78 is 2.12. The van der Waals surface area contributed by atoms with Crippen LogP contribution in [0, 0.1) is 0 Å². The first-order valence-electron chi connectivity index (χ1n) is 9.08. The number of carbonyl (C=O) groups is 1. The van der Waals surface area contributed by atoms with Crippen molar-refractivity contribution in [1.82, 2.24) is 9.88 Å². The normalized spacial score (nSPS) is 10.9. The van der Waals surface area contributed by atoms with Gasteiger partial charge in [0, 0.05) is 17.4 Å². The molecule has 0 atom stereocenters. The van der Waals surface area contributed by atoms with Crippen LogP contribution in [0.5, 0.6) is 0 Å². The van der Waals surface area contributed by atoms with Crippen LogP contribution in [-0.4, -0.2) is 43.0 Å². The van der Waals surface area contributed by atoms with Crippen LogP contribution >= 0.6 is 27.3 Å². The third kappa shape index (κ3) is 6.27. The Morgan fingerprint density at radius 2 is 1.86 bits per heavy atom. The van der Waals surface area contributed by atoms with E-state index in [2.05, 4.69) is 53.1 Å². The monoisotopic (exact) mass is 480 g/mol. The van der Waals surface area contributed by atoms with Gasteiger partial charge in [0.15, 0.2) is 5.13 Å². The number of hydrogen-bond donors (Lipinski definition) is 0. The highest BCUT2D eigenvalue weighted by Gasteiger charge is 2.19. The van der Waals surface area contributed by atoms with Gasteiger partial charge in [0.25, 0.3) is 0 Å². The van der Waals surface area contributed by atoms with E-state index in [1.54, 1.807) is 11.3 Å². The number of anilines is 1. The van der Waals surface area contributed by atoms with Crippen molar-refractivity contribution in [3.8, 4) is 0 Å². The maximum absolute atomic E-state index is 13.0. The summed E-state index contributed by atoms with van der Waals surface area (Å²) in [6, 6.07) is 16.2. The summed E-state index contributed by atoms with van der Waals surface area (Å²) >= 11 is 5.09. The molecule has 0 fully saturated rings. The average Bonchev–Trinajstić information content (AvgIpc) is 3.06. The number of aromatic nitrogens is 1. The maximum atomic E-state index is 13.0. The van der Waals surface area contributed by atoms with Crippen LogP contribution in [0.25, 0.3) is 10.2 Å². The molecule has 150 valence electrons. The Bertz CT molecular complexity index is 901. The van der Waals surface area contributed by atoms with Gasteiger partial charge in [-0.2, -0.15) is 0 Å². The van der Waals surface area contributed by atoms with E-state index < -0.39 is 0 Å². The molecule has 0 bridgehead atoms. The van der Waals surface area contributed by atoms with E-state index in [9.17, 15) is 4.79 Å². The van der Waals surface area contributed by atoms with Gasteiger partial charge >= 0.3 is 0 Å². The minimum absolute atomic E-state index is 0. The number of halogens is 2. The molecule has 0 aliphatic carbocycles. The molecule has 0 radical (unpaired) electrons. The topological polar surface area (TPSA) is 36.4 Å². The Morgan fingerprint density at radius 1 is 1.11 bits per heavy atom. The lowest BCUT2D eigenvalue weighted by atomic mass is 10.1. The third-order valence-electron chi connectivity index (χ3n) is 4.33. The van der Waals surface area contributed by atoms with Crippen LogP contribution in [0.3, 0.4) is 0 Å². The molecular weight excluding hydrogens is 458 g/mol. The first-order chi connectivity index (χ1) is 13.0. The molecule has 0 spiro atoms. The molecule has 4 nitrogen and oxygen atoms in total. The lowest BCUT2D eigenvalue weighted by Gasteiger charge is -2.21. The van der Waals surface area contributed by atoms with Gasteiger partial charge in [0.05, 0.1) is 10.2 Å². The Balaban J connectivity index is 0.00000280. The summed E-state index contributed by atoms with van der Waals surface area (Å²) in [4.78, 5) is 21.7. The Kier molecular flexibility index (Phi) is 8.89. The maximum Gasteiger partial charge on any atom is 0.229 e. The van der Waals surface area contributed by atoms with Crippen molar-refractivity contribution in [1.29, 1.82) is 0 Å². The van der Waals surface area contributed by atoms with E-state index in [0.29, 0.717) is 13.0 Å². The van der Waals surface area contributed by atoms with Gasteiger partial charge < -0.3 is 17.3 Å². The van der Waals surface area contributed by atoms with Crippen LogP contribution in [0.4, 0.5) is 5.13 Å². The number of aryl methyl sites for hydroxylation is 1. The molecule has 0 saturated carbocycles. The zero-order valence-corrected chi connectivity index (χ0v) is 19.2. The fourth-order valence-corrected chi connectivity index (χ4v) is 4.47. The zero-order chi connectivity index (χ0) is 19.2. The number of benzene rings is 2. The number of fused-ring (bicyclic) bond motifs is 1. The molecule has 0 aliphatic rings. The number of thiazole rings is 1. The molecule has 28 heavy (non-hydrogen) atoms. The van der Waals surface area contributed by atoms with Crippen molar-refractivity contribution in [2.75, 3.05) is 32.1 Å². The van der Waals surface area contributed by atoms with Crippen LogP contribution in [0.15, 0.2) is 53.0 Å². The van der Waals surface area contributed by atoms with E-state index in [4.69, 9.17) is 4.98 Å². The summed E-state index contributed by atoms with van der Waals surface area (Å²) in [6.45, 7) is 1.63. The highest BCUT2D eigenvalue weighted by molar-refractivity contribution is 9.10. The standard InChI is InChI=1S/C21H24BrN3OS.ClH/c1-24(2)13-6-14-25(20(26)12-9-16-7-4-3-5-8-16)21-23-18-11-10-17(22)15-19(18)27-21;/h3-5,7-8,10-11,15H,6,9,12-14H2,1-2H3;1H/p-1. The molecule has 3 rings (SSSR count). The second-order valence-electron chi connectivity index (χ2n) is 6.80. The van der Waals surface area contributed by atoms with Crippen molar-refractivity contribution < 1.29 is 17.2 Å². The van der Waals surface area contributed by atoms with Crippen LogP contribution < -0.4 is 17.3 Å². The number of hydrogen-bond acceptors (Lipinski definition) is 4. The van der Waals surface area contributed by atoms with Crippen LogP contribution in [0.2, 0.25) is 0 Å². The minimum atomic E-state index is 0. The van der Waals surface area contributed by atoms with Crippen molar-refractivity contribution in [2.45, 2.75) is 19.3 Å². The van der Waals surface area contributed by atoms with Crippen molar-refractivity contribution in [3.63, 3.8) is 0 Å². The van der Waals surface area contributed by atoms with Crippen molar-refractivity contribution >= 4 is 48.5 Å². The lowest BCUT2D eigenvalue weighted by molar-refractivity contribution is -0.118. The van der Waals surface area contributed by atoms with Gasteiger partial charge in [-0.25, -0.2) is 4.98 Å². The zero-order valence-electron chi connectivity index (χ0n) is 16.1. The number of amides is 1. The molecule has 1 aromatic heterocycles. The second-order valence-corrected chi connectivity index (χ2v) is 8.72. The molecule has 1 amide bonds. The van der Waals surface area contributed by atoms with Gasteiger partial charge in [-0.15, -0.1) is 0 Å². The molecule has 0 N–H and O–H groups in total. The first-order valence-corrected chi connectivity index (χ1v) is 10.7. The summed E-state index contributed by atoms with van der Waals surface area (Å²) in [5.41, 5.74) is 2.12. The predicted octanol–water partition coefficient (Wildman–Crippen LogP) is 1.98. The molecule has 0 unspecified atom stereocenters. The summed E-state index contributed by atoms with van der Waals surface area (Å²) in [5, 5.41) is 0.792. The molecular formula is C21H24BrClN3OS-. The van der Waals surface area contributed by atoms with Gasteiger partial charge in [0.1, 0.15) is 0 Å². The number of carbonyl (C=O) groups excluding carboxylic acids is 1. The van der Waals surface area contributed by atoms with E-state index in [-0.39, 0.29) is 18.3 Å². The summed E-state index contributed by atoms with van der Waals surface area (Å²) in [5.74, 6) is 0.135. The van der Waals surface area contributed by atoms with E-state index in [1.807, 2.05) is 35.2 Å². The fraction of sp³-hybridized carbons (Fsp3) is 0.333. The molecule has 0 aliphatic heterocycles. The Morgan fingerprint density at radius 3 is 2.57 bits per heavy atom. The Hall–Kier alpha value is -1.47. The third-order valence-corrected chi connectivity index (χ3v) is 5.86. The average molecular weight is 482 g/mol. The smallest absolute Gasteiger partial charge is 0.229 e. The molecule has 1 heterocycles. The van der Waals surface area contributed by atoms with Crippen LogP contribution in [0.1, 0.15) is 18.4 Å². The molecule has 3 aromatic rings. The van der Waals surface area contributed by atoms with E-state index >= 15 is 0 Å². The first kappa shape index (κ1) is 22.8. The number of nitrogens with zero attached hydrogens (tertiary/aromatic N) is 3. The minimum Gasteiger partial charge on any atom is -1.00 e. The van der Waals surface area contributed by atoms with Gasteiger partial charge in [-0.1, -0.05) is 57.6 Å². The quantitative estimate of drug-likeness (QED) is 0.494. The summed E-state index contributed by atoms with van der Waals surface area (Å²) in [6.07, 6.45) is 2.16. The predicted molar refractivity (Wildman–Crippen MR) is 118 cm³/mol. The highest BCUT2D eigenvalue weighted by Crippen LogP contribution is 2.31. The number of rotatable bonds is 8. The molecule has 7 heteroatoms. The molecule has 0 saturated heterocycles. The largest absolute Gasteiger partial charge is 1.00 e. The van der Waals surface area contributed by atoms with Crippen molar-refractivity contribution in [2.24, 2.45) is 0 Å². The van der Waals surface area contributed by atoms with E-state index in [0.717, 1.165) is 39.2 Å². The highest BCUT2D eigenvalue weighted by atomic mass is 79.9. The van der Waals surface area contributed by atoms with E-state index in [1.165, 1.54) is 5.56 Å². The van der Waals surface area contributed by atoms with Gasteiger partial charge in [-0.05, 0) is 57.2 Å². The Labute approximate surface area is 185 Å².